The lowest BCUT2D eigenvalue weighted by molar-refractivity contribution is -0.119. The zero-order valence-corrected chi connectivity index (χ0v) is 10.2. The predicted octanol–water partition coefficient (Wildman–Crippen LogP) is 3.20. The smallest absolute Gasteiger partial charge is 0.126 e. The van der Waals surface area contributed by atoms with Gasteiger partial charge in [0, 0.05) is 10.8 Å². The van der Waals surface area contributed by atoms with Crippen molar-refractivity contribution in [3.63, 3.8) is 0 Å². The third-order valence-corrected chi connectivity index (χ3v) is 7.02. The van der Waals surface area contributed by atoms with Gasteiger partial charge in [0.05, 0.1) is 0 Å². The van der Waals surface area contributed by atoms with Crippen molar-refractivity contribution in [3.8, 4) is 0 Å². The van der Waals surface area contributed by atoms with Crippen LogP contribution in [0.25, 0.3) is 0 Å². The van der Waals surface area contributed by atoms with Gasteiger partial charge in [0.15, 0.2) is 0 Å². The number of allylic oxidation sites excluding steroid dienone is 2. The summed E-state index contributed by atoms with van der Waals surface area (Å²) in [5.74, 6) is 2.07. The fraction of sp³-hybridized carbons (Fsp3) is 0.800. The molecule has 0 aromatic heterocycles. The summed E-state index contributed by atoms with van der Waals surface area (Å²) < 4.78 is 0. The summed E-state index contributed by atoms with van der Waals surface area (Å²) in [5.41, 5.74) is 0.918. The maximum absolute atomic E-state index is 11.6. The number of aldehydes is 1. The van der Waals surface area contributed by atoms with Gasteiger partial charge in [-0.05, 0) is 48.9 Å². The predicted molar refractivity (Wildman–Crippen MR) is 62.8 cm³/mol. The number of hydrogen-bond donors (Lipinski definition) is 0. The summed E-state index contributed by atoms with van der Waals surface area (Å²) >= 11 is 0. The van der Waals surface area contributed by atoms with Gasteiger partial charge in [-0.3, -0.25) is 0 Å². The van der Waals surface area contributed by atoms with E-state index in [0.29, 0.717) is 22.7 Å². The van der Waals surface area contributed by atoms with E-state index in [9.17, 15) is 4.79 Å². The molecule has 6 unspecified atom stereocenters. The number of rotatable bonds is 1. The molecule has 0 N–H and O–H groups in total. The Morgan fingerprint density at radius 2 is 2.12 bits per heavy atom. The molecule has 4 rings (SSSR count). The second-order valence-corrected chi connectivity index (χ2v) is 6.93. The number of hydrogen-bond acceptors (Lipinski definition) is 1. The minimum absolute atomic E-state index is 0.0456. The van der Waals surface area contributed by atoms with Crippen molar-refractivity contribution < 1.29 is 4.79 Å². The summed E-state index contributed by atoms with van der Waals surface area (Å²) in [5, 5.41) is 0. The molecule has 3 saturated carbocycles. The molecule has 6 atom stereocenters. The van der Waals surface area contributed by atoms with Crippen LogP contribution in [-0.2, 0) is 4.79 Å². The quantitative estimate of drug-likeness (QED) is 0.486. The van der Waals surface area contributed by atoms with Gasteiger partial charge in [-0.25, -0.2) is 0 Å². The maximum atomic E-state index is 11.6. The molecule has 0 aromatic rings. The van der Waals surface area contributed by atoms with Crippen LogP contribution in [0.3, 0.4) is 0 Å². The fourth-order valence-electron chi connectivity index (χ4n) is 6.29. The molecule has 3 fully saturated rings. The molecule has 86 valence electrons. The van der Waals surface area contributed by atoms with Crippen LogP contribution in [0.4, 0.5) is 0 Å². The molecule has 4 aliphatic carbocycles. The lowest BCUT2D eigenvalue weighted by Crippen LogP contribution is -2.55. The Kier molecular flexibility index (Phi) is 1.37. The van der Waals surface area contributed by atoms with Crippen LogP contribution in [0.1, 0.15) is 39.5 Å². The normalized spacial score (nSPS) is 65.2. The first-order valence-corrected chi connectivity index (χ1v) is 6.77. The average Bonchev–Trinajstić information content (AvgIpc) is 2.57. The largest absolute Gasteiger partial charge is 0.303 e. The molecule has 4 aliphatic rings. The summed E-state index contributed by atoms with van der Waals surface area (Å²) in [6.45, 7) is 4.67. The summed E-state index contributed by atoms with van der Waals surface area (Å²) in [4.78, 5) is 11.6. The van der Waals surface area contributed by atoms with Gasteiger partial charge in [0.2, 0.25) is 0 Å². The molecule has 0 heterocycles. The van der Waals surface area contributed by atoms with Gasteiger partial charge >= 0.3 is 0 Å². The van der Waals surface area contributed by atoms with Crippen LogP contribution in [0, 0.1) is 34.0 Å². The standard InChI is InChI=1S/C15H20O/c1-10-3-4-12-13(2,9-16)11-5-6-14(11)7-8-15(10,12)14/h5-6,9-12H,3-4,7-8H2,1-2H3. The zero-order chi connectivity index (χ0) is 11.2. The molecule has 0 aliphatic heterocycles. The molecule has 0 radical (unpaired) electrons. The number of carbonyl (C=O) groups excluding carboxylic acids is 1. The van der Waals surface area contributed by atoms with E-state index in [4.69, 9.17) is 0 Å². The van der Waals surface area contributed by atoms with Crippen molar-refractivity contribution in [1.82, 2.24) is 0 Å². The van der Waals surface area contributed by atoms with E-state index in [1.165, 1.54) is 32.0 Å². The first-order valence-electron chi connectivity index (χ1n) is 6.77. The second-order valence-electron chi connectivity index (χ2n) is 6.93. The molecule has 2 spiro atoms. The zero-order valence-electron chi connectivity index (χ0n) is 10.2. The van der Waals surface area contributed by atoms with E-state index in [1.54, 1.807) is 0 Å². The van der Waals surface area contributed by atoms with Crippen LogP contribution in [-0.4, -0.2) is 6.29 Å². The van der Waals surface area contributed by atoms with E-state index in [2.05, 4.69) is 26.0 Å². The average molecular weight is 216 g/mol. The molecule has 0 aromatic carbocycles. The lowest BCUT2D eigenvalue weighted by atomic mass is 9.41. The third kappa shape index (κ3) is 0.585. The minimum atomic E-state index is -0.0456. The van der Waals surface area contributed by atoms with E-state index in [1.807, 2.05) is 0 Å². The fourth-order valence-corrected chi connectivity index (χ4v) is 6.29. The Bertz CT molecular complexity index is 412. The molecule has 0 bridgehead atoms. The Morgan fingerprint density at radius 3 is 2.62 bits per heavy atom. The summed E-state index contributed by atoms with van der Waals surface area (Å²) in [7, 11) is 0. The highest BCUT2D eigenvalue weighted by atomic mass is 16.1. The molecule has 16 heavy (non-hydrogen) atoms. The highest BCUT2D eigenvalue weighted by molar-refractivity contribution is 5.66. The van der Waals surface area contributed by atoms with E-state index < -0.39 is 0 Å². The van der Waals surface area contributed by atoms with Crippen molar-refractivity contribution >= 4 is 6.29 Å². The van der Waals surface area contributed by atoms with Crippen molar-refractivity contribution in [2.24, 2.45) is 34.0 Å². The first-order chi connectivity index (χ1) is 7.62. The minimum Gasteiger partial charge on any atom is -0.303 e. The molecular weight excluding hydrogens is 196 g/mol. The molecule has 0 saturated heterocycles. The van der Waals surface area contributed by atoms with Gasteiger partial charge in [-0.1, -0.05) is 26.0 Å². The molecule has 0 amide bonds. The molecule has 1 nitrogen and oxygen atoms in total. The van der Waals surface area contributed by atoms with E-state index in [-0.39, 0.29) is 5.41 Å². The third-order valence-electron chi connectivity index (χ3n) is 7.02. The monoisotopic (exact) mass is 216 g/mol. The van der Waals surface area contributed by atoms with Crippen molar-refractivity contribution in [2.75, 3.05) is 0 Å². The Hall–Kier alpha value is -0.590. The summed E-state index contributed by atoms with van der Waals surface area (Å²) in [6, 6.07) is 0. The van der Waals surface area contributed by atoms with Crippen molar-refractivity contribution in [1.29, 1.82) is 0 Å². The highest BCUT2D eigenvalue weighted by Gasteiger charge is 2.80. The molecular formula is C15H20O. The maximum Gasteiger partial charge on any atom is 0.126 e. The van der Waals surface area contributed by atoms with Crippen LogP contribution >= 0.6 is 0 Å². The van der Waals surface area contributed by atoms with Gasteiger partial charge in [0.1, 0.15) is 6.29 Å². The van der Waals surface area contributed by atoms with E-state index >= 15 is 0 Å². The summed E-state index contributed by atoms with van der Waals surface area (Å²) in [6.07, 6.45) is 11.4. The van der Waals surface area contributed by atoms with Gasteiger partial charge in [-0.2, -0.15) is 0 Å². The van der Waals surface area contributed by atoms with Crippen LogP contribution in [0.15, 0.2) is 12.2 Å². The SMILES string of the molecule is CC1CCC2C(C)(C=O)C3C=CC34CCC124. The molecule has 1 heteroatoms. The Labute approximate surface area is 97.3 Å². The lowest BCUT2D eigenvalue weighted by Gasteiger charge is -2.62. The Morgan fingerprint density at radius 1 is 1.31 bits per heavy atom. The first kappa shape index (κ1) is 9.44. The van der Waals surface area contributed by atoms with E-state index in [0.717, 1.165) is 5.92 Å². The second kappa shape index (κ2) is 2.32. The topological polar surface area (TPSA) is 17.1 Å². The highest BCUT2D eigenvalue weighted by Crippen LogP contribution is 2.85. The van der Waals surface area contributed by atoms with Gasteiger partial charge < -0.3 is 4.79 Å². The van der Waals surface area contributed by atoms with Crippen molar-refractivity contribution in [2.45, 2.75) is 39.5 Å². The van der Waals surface area contributed by atoms with Crippen LogP contribution in [0.5, 0.6) is 0 Å². The Balaban J connectivity index is 1.94. The van der Waals surface area contributed by atoms with Crippen molar-refractivity contribution in [3.05, 3.63) is 12.2 Å². The van der Waals surface area contributed by atoms with Gasteiger partial charge in [0.25, 0.3) is 0 Å². The van der Waals surface area contributed by atoms with Crippen LogP contribution in [0.2, 0.25) is 0 Å². The number of carbonyl (C=O) groups is 1. The van der Waals surface area contributed by atoms with Crippen LogP contribution < -0.4 is 0 Å². The van der Waals surface area contributed by atoms with Gasteiger partial charge in [-0.15, -0.1) is 0 Å².